The molecule has 0 saturated heterocycles. The van der Waals surface area contributed by atoms with Crippen LogP contribution < -0.4 is 4.74 Å². The predicted octanol–water partition coefficient (Wildman–Crippen LogP) is 5.53. The van der Waals surface area contributed by atoms with E-state index >= 15 is 0 Å². The van der Waals surface area contributed by atoms with Gasteiger partial charge in [0.05, 0.1) is 17.8 Å². The number of pyridine rings is 1. The summed E-state index contributed by atoms with van der Waals surface area (Å²) < 4.78 is 5.80. The van der Waals surface area contributed by atoms with Crippen LogP contribution >= 0.6 is 0 Å². The Morgan fingerprint density at radius 1 is 1.03 bits per heavy atom. The van der Waals surface area contributed by atoms with Gasteiger partial charge in [0.25, 0.3) is 0 Å². The van der Waals surface area contributed by atoms with E-state index < -0.39 is 5.97 Å². The van der Waals surface area contributed by atoms with Crippen LogP contribution in [0, 0.1) is 12.8 Å². The lowest BCUT2D eigenvalue weighted by Gasteiger charge is -2.12. The Balaban J connectivity index is 1.61. The van der Waals surface area contributed by atoms with Gasteiger partial charge in [0.2, 0.25) is 0 Å². The van der Waals surface area contributed by atoms with Gasteiger partial charge in [-0.25, -0.2) is 0 Å². The average molecular weight is 447 g/mol. The SMILES string of the molecule is Cc1c(CC(=O)O)cccc1OCCO/N=C(\CC(C)C)c1ccc(-c2ccccn2)cc1. The lowest BCUT2D eigenvalue weighted by Crippen LogP contribution is -2.10. The van der Waals surface area contributed by atoms with Gasteiger partial charge in [0, 0.05) is 11.8 Å². The van der Waals surface area contributed by atoms with E-state index in [0.717, 1.165) is 40.1 Å². The lowest BCUT2D eigenvalue weighted by molar-refractivity contribution is -0.136. The number of carboxylic acids is 1. The molecule has 3 aromatic rings. The Kier molecular flexibility index (Phi) is 8.58. The summed E-state index contributed by atoms with van der Waals surface area (Å²) in [5.41, 5.74) is 5.46. The van der Waals surface area contributed by atoms with E-state index in [4.69, 9.17) is 14.7 Å². The van der Waals surface area contributed by atoms with Crippen LogP contribution in [0.2, 0.25) is 0 Å². The predicted molar refractivity (Wildman–Crippen MR) is 130 cm³/mol. The first-order valence-corrected chi connectivity index (χ1v) is 11.1. The molecule has 0 aliphatic rings. The van der Waals surface area contributed by atoms with Crippen LogP contribution in [-0.4, -0.2) is 35.0 Å². The minimum absolute atomic E-state index is 0.0263. The Hall–Kier alpha value is -3.67. The summed E-state index contributed by atoms with van der Waals surface area (Å²) in [6.45, 7) is 6.76. The fraction of sp³-hybridized carbons (Fsp3) is 0.296. The molecule has 0 bridgehead atoms. The standard InChI is InChI=1S/C27H30N2O4/c1-19(2)17-25(22-12-10-21(11-13-22)24-8-4-5-14-28-24)29-33-16-15-32-26-9-6-7-23(20(26)3)18-27(30)31/h4-14,19H,15-18H2,1-3H3,(H,30,31)/b29-25+. The molecule has 0 atom stereocenters. The molecule has 0 unspecified atom stereocenters. The molecule has 33 heavy (non-hydrogen) atoms. The number of hydrogen-bond acceptors (Lipinski definition) is 5. The molecule has 0 saturated carbocycles. The van der Waals surface area contributed by atoms with Crippen molar-refractivity contribution in [3.05, 3.63) is 83.6 Å². The second-order valence-electron chi connectivity index (χ2n) is 8.22. The number of carboxylic acid groups (broad SMARTS) is 1. The maximum absolute atomic E-state index is 11.0. The zero-order valence-corrected chi connectivity index (χ0v) is 19.3. The van der Waals surface area contributed by atoms with Crippen LogP contribution in [0.1, 0.15) is 37.0 Å². The smallest absolute Gasteiger partial charge is 0.307 e. The zero-order valence-electron chi connectivity index (χ0n) is 19.3. The van der Waals surface area contributed by atoms with Crippen molar-refractivity contribution in [2.24, 2.45) is 11.1 Å². The second-order valence-corrected chi connectivity index (χ2v) is 8.22. The molecule has 1 aromatic heterocycles. The van der Waals surface area contributed by atoms with Crippen LogP contribution in [0.5, 0.6) is 5.75 Å². The zero-order chi connectivity index (χ0) is 23.6. The molecular formula is C27H30N2O4. The molecule has 3 rings (SSSR count). The van der Waals surface area contributed by atoms with Crippen LogP contribution in [0.15, 0.2) is 72.0 Å². The van der Waals surface area contributed by atoms with Crippen molar-refractivity contribution in [1.82, 2.24) is 4.98 Å². The van der Waals surface area contributed by atoms with Crippen molar-refractivity contribution in [1.29, 1.82) is 0 Å². The molecule has 0 fully saturated rings. The number of nitrogens with zero attached hydrogens (tertiary/aromatic N) is 2. The molecule has 0 spiro atoms. The monoisotopic (exact) mass is 446 g/mol. The van der Waals surface area contributed by atoms with Gasteiger partial charge >= 0.3 is 5.97 Å². The largest absolute Gasteiger partial charge is 0.490 e. The summed E-state index contributed by atoms with van der Waals surface area (Å²) in [5, 5.41) is 13.4. The molecule has 1 heterocycles. The molecule has 2 aromatic carbocycles. The van der Waals surface area contributed by atoms with E-state index in [2.05, 4.69) is 24.0 Å². The third-order valence-electron chi connectivity index (χ3n) is 5.13. The van der Waals surface area contributed by atoms with Crippen molar-refractivity contribution in [2.45, 2.75) is 33.6 Å². The number of ether oxygens (including phenoxy) is 1. The maximum atomic E-state index is 11.0. The van der Waals surface area contributed by atoms with Gasteiger partial charge in [0.15, 0.2) is 6.61 Å². The summed E-state index contributed by atoms with van der Waals surface area (Å²) in [6.07, 6.45) is 2.55. The van der Waals surface area contributed by atoms with Crippen molar-refractivity contribution in [2.75, 3.05) is 13.2 Å². The molecule has 0 aliphatic heterocycles. The summed E-state index contributed by atoms with van der Waals surface area (Å²) in [6, 6.07) is 19.5. The first-order chi connectivity index (χ1) is 15.9. The quantitative estimate of drug-likeness (QED) is 0.238. The molecule has 0 radical (unpaired) electrons. The van der Waals surface area contributed by atoms with Crippen LogP contribution in [0.25, 0.3) is 11.3 Å². The normalized spacial score (nSPS) is 11.5. The molecule has 6 nitrogen and oxygen atoms in total. The third-order valence-corrected chi connectivity index (χ3v) is 5.13. The number of oxime groups is 1. The first-order valence-electron chi connectivity index (χ1n) is 11.1. The van der Waals surface area contributed by atoms with Crippen LogP contribution in [0.3, 0.4) is 0 Å². The number of aliphatic carboxylic acids is 1. The molecule has 0 aliphatic carbocycles. The minimum atomic E-state index is -0.862. The summed E-state index contributed by atoms with van der Waals surface area (Å²) in [4.78, 5) is 21.0. The van der Waals surface area contributed by atoms with E-state index in [-0.39, 0.29) is 13.0 Å². The number of hydrogen-bond donors (Lipinski definition) is 1. The van der Waals surface area contributed by atoms with Gasteiger partial charge in [-0.2, -0.15) is 0 Å². The minimum Gasteiger partial charge on any atom is -0.490 e. The summed E-state index contributed by atoms with van der Waals surface area (Å²) >= 11 is 0. The molecule has 172 valence electrons. The molecular weight excluding hydrogens is 416 g/mol. The highest BCUT2D eigenvalue weighted by Crippen LogP contribution is 2.22. The first kappa shape index (κ1) is 24.0. The van der Waals surface area contributed by atoms with Gasteiger partial charge in [0.1, 0.15) is 12.4 Å². The van der Waals surface area contributed by atoms with Gasteiger partial charge < -0.3 is 14.7 Å². The number of carbonyl (C=O) groups is 1. The van der Waals surface area contributed by atoms with Crippen LogP contribution in [-0.2, 0) is 16.1 Å². The number of benzene rings is 2. The van der Waals surface area contributed by atoms with Gasteiger partial charge in [-0.1, -0.05) is 61.5 Å². The summed E-state index contributed by atoms with van der Waals surface area (Å²) in [5.74, 6) is 0.228. The van der Waals surface area contributed by atoms with Crippen molar-refractivity contribution in [3.8, 4) is 17.0 Å². The highest BCUT2D eigenvalue weighted by molar-refractivity contribution is 6.00. The van der Waals surface area contributed by atoms with E-state index in [9.17, 15) is 4.79 Å². The Labute approximate surface area is 194 Å². The highest BCUT2D eigenvalue weighted by atomic mass is 16.6. The fourth-order valence-electron chi connectivity index (χ4n) is 3.44. The Morgan fingerprint density at radius 3 is 2.48 bits per heavy atom. The van der Waals surface area contributed by atoms with Crippen molar-refractivity contribution < 1.29 is 19.5 Å². The lowest BCUT2D eigenvalue weighted by atomic mass is 9.99. The van der Waals surface area contributed by atoms with Gasteiger partial charge in [-0.3, -0.25) is 9.78 Å². The average Bonchev–Trinajstić information content (AvgIpc) is 2.80. The Bertz CT molecular complexity index is 1080. The maximum Gasteiger partial charge on any atom is 0.307 e. The van der Waals surface area contributed by atoms with E-state index in [1.807, 2.05) is 55.5 Å². The highest BCUT2D eigenvalue weighted by Gasteiger charge is 2.10. The summed E-state index contributed by atoms with van der Waals surface area (Å²) in [7, 11) is 0. The number of aromatic nitrogens is 1. The molecule has 1 N–H and O–H groups in total. The molecule has 6 heteroatoms. The second kappa shape index (κ2) is 11.8. The van der Waals surface area contributed by atoms with Crippen molar-refractivity contribution >= 4 is 11.7 Å². The van der Waals surface area contributed by atoms with Crippen molar-refractivity contribution in [3.63, 3.8) is 0 Å². The van der Waals surface area contributed by atoms with Gasteiger partial charge in [-0.15, -0.1) is 0 Å². The van der Waals surface area contributed by atoms with E-state index in [1.165, 1.54) is 0 Å². The Morgan fingerprint density at radius 2 is 1.82 bits per heavy atom. The van der Waals surface area contributed by atoms with E-state index in [0.29, 0.717) is 18.3 Å². The number of rotatable bonds is 11. The van der Waals surface area contributed by atoms with Gasteiger partial charge in [-0.05, 0) is 54.2 Å². The van der Waals surface area contributed by atoms with Crippen LogP contribution in [0.4, 0.5) is 0 Å². The van der Waals surface area contributed by atoms with E-state index in [1.54, 1.807) is 18.3 Å². The third kappa shape index (κ3) is 7.17. The topological polar surface area (TPSA) is 81.0 Å². The fourth-order valence-corrected chi connectivity index (χ4v) is 3.44. The molecule has 0 amide bonds.